The molecule has 0 unspecified atom stereocenters. The molecule has 0 spiro atoms. The third kappa shape index (κ3) is 1.16. The summed E-state index contributed by atoms with van der Waals surface area (Å²) in [4.78, 5) is 11.4. The average molecular weight is 190 g/mol. The molecule has 2 aromatic heterocycles. The normalized spacial score (nSPS) is 10.6. The number of carbonyl (C=O) groups is 1. The number of rotatable bonds is 2. The lowest BCUT2D eigenvalue weighted by Gasteiger charge is -2.00. The second-order valence-corrected chi connectivity index (χ2v) is 3.01. The highest BCUT2D eigenvalue weighted by atomic mass is 16.3. The van der Waals surface area contributed by atoms with Crippen molar-refractivity contribution in [3.63, 3.8) is 0 Å². The smallest absolute Gasteiger partial charge is 0.178 e. The largest absolute Gasteiger partial charge is 0.506 e. The minimum atomic E-state index is -0.172. The molecule has 2 aromatic rings. The molecule has 2 heterocycles. The van der Waals surface area contributed by atoms with E-state index in [9.17, 15) is 9.90 Å². The molecule has 0 aromatic carbocycles. The molecule has 0 aliphatic carbocycles. The Labute approximate surface area is 80.6 Å². The fourth-order valence-corrected chi connectivity index (χ4v) is 1.48. The summed E-state index contributed by atoms with van der Waals surface area (Å²) in [5.41, 5.74) is 6.24. The van der Waals surface area contributed by atoms with Crippen LogP contribution in [0.25, 0.3) is 5.52 Å². The van der Waals surface area contributed by atoms with Gasteiger partial charge in [0, 0.05) is 18.0 Å². The summed E-state index contributed by atoms with van der Waals surface area (Å²) < 4.78 is 1.69. The number of pyridine rings is 1. The van der Waals surface area contributed by atoms with Gasteiger partial charge in [-0.2, -0.15) is 0 Å². The second-order valence-electron chi connectivity index (χ2n) is 3.01. The number of nitrogens with zero attached hydrogens (tertiary/aromatic N) is 1. The van der Waals surface area contributed by atoms with Crippen LogP contribution in [0.1, 0.15) is 10.4 Å². The highest BCUT2D eigenvalue weighted by Gasteiger charge is 2.12. The molecule has 0 saturated heterocycles. The van der Waals surface area contributed by atoms with E-state index in [1.54, 1.807) is 35.0 Å². The van der Waals surface area contributed by atoms with Gasteiger partial charge >= 0.3 is 0 Å². The van der Waals surface area contributed by atoms with Gasteiger partial charge in [0.15, 0.2) is 5.78 Å². The SMILES string of the molecule is NCC(=O)c1ccn2cccc(O)c12. The summed E-state index contributed by atoms with van der Waals surface area (Å²) in [6, 6.07) is 4.91. The van der Waals surface area contributed by atoms with Crippen molar-refractivity contribution in [1.82, 2.24) is 4.40 Å². The number of aromatic nitrogens is 1. The Morgan fingerprint density at radius 2 is 2.21 bits per heavy atom. The summed E-state index contributed by atoms with van der Waals surface area (Å²) >= 11 is 0. The van der Waals surface area contributed by atoms with Crippen molar-refractivity contribution in [3.8, 4) is 5.75 Å². The predicted octanol–water partition coefficient (Wildman–Crippen LogP) is 0.786. The maximum Gasteiger partial charge on any atom is 0.178 e. The van der Waals surface area contributed by atoms with E-state index < -0.39 is 0 Å². The Kier molecular flexibility index (Phi) is 1.98. The highest BCUT2D eigenvalue weighted by molar-refractivity contribution is 6.05. The zero-order chi connectivity index (χ0) is 10.1. The lowest BCUT2D eigenvalue weighted by atomic mass is 10.1. The lowest BCUT2D eigenvalue weighted by Crippen LogP contribution is -2.13. The van der Waals surface area contributed by atoms with Gasteiger partial charge in [-0.1, -0.05) is 0 Å². The maximum absolute atomic E-state index is 11.4. The van der Waals surface area contributed by atoms with E-state index in [4.69, 9.17) is 5.73 Å². The summed E-state index contributed by atoms with van der Waals surface area (Å²) in [5.74, 6) is -0.0803. The zero-order valence-corrected chi connectivity index (χ0v) is 7.47. The van der Waals surface area contributed by atoms with Crippen LogP contribution in [-0.4, -0.2) is 21.8 Å². The van der Waals surface area contributed by atoms with Crippen LogP contribution in [0.15, 0.2) is 30.6 Å². The van der Waals surface area contributed by atoms with Crippen molar-refractivity contribution in [2.45, 2.75) is 0 Å². The van der Waals surface area contributed by atoms with Gasteiger partial charge in [0.2, 0.25) is 0 Å². The molecule has 2 rings (SSSR count). The minimum absolute atomic E-state index is 0.0476. The molecule has 0 aliphatic rings. The number of carbonyl (C=O) groups excluding carboxylic acids is 1. The number of Topliss-reactive ketones (excluding diaryl/α,β-unsaturated/α-hetero) is 1. The molecule has 72 valence electrons. The first kappa shape index (κ1) is 8.77. The molecular formula is C10H10N2O2. The van der Waals surface area contributed by atoms with Crippen LogP contribution < -0.4 is 5.73 Å². The Morgan fingerprint density at radius 3 is 2.93 bits per heavy atom. The van der Waals surface area contributed by atoms with E-state index in [2.05, 4.69) is 0 Å². The standard InChI is InChI=1S/C10H10N2O2/c11-6-9(14)7-3-5-12-4-1-2-8(13)10(7)12/h1-5,13H,6,11H2. The van der Waals surface area contributed by atoms with Crippen molar-refractivity contribution in [2.75, 3.05) is 6.54 Å². The molecule has 0 saturated carbocycles. The first-order valence-corrected chi connectivity index (χ1v) is 4.26. The fourth-order valence-electron chi connectivity index (χ4n) is 1.48. The van der Waals surface area contributed by atoms with E-state index in [0.29, 0.717) is 11.1 Å². The third-order valence-electron chi connectivity index (χ3n) is 2.14. The number of aromatic hydroxyl groups is 1. The molecule has 14 heavy (non-hydrogen) atoms. The maximum atomic E-state index is 11.4. The molecule has 0 atom stereocenters. The number of ketones is 1. The average Bonchev–Trinajstić information content (AvgIpc) is 2.62. The van der Waals surface area contributed by atoms with Crippen molar-refractivity contribution in [1.29, 1.82) is 0 Å². The van der Waals surface area contributed by atoms with Crippen LogP contribution in [0.5, 0.6) is 5.75 Å². The van der Waals surface area contributed by atoms with Crippen LogP contribution >= 0.6 is 0 Å². The summed E-state index contributed by atoms with van der Waals surface area (Å²) in [5, 5.41) is 9.57. The Morgan fingerprint density at radius 1 is 1.43 bits per heavy atom. The van der Waals surface area contributed by atoms with E-state index in [1.165, 1.54) is 0 Å². The molecule has 0 fully saturated rings. The van der Waals surface area contributed by atoms with Gasteiger partial charge in [0.25, 0.3) is 0 Å². The van der Waals surface area contributed by atoms with Crippen LogP contribution in [0.2, 0.25) is 0 Å². The molecule has 0 amide bonds. The Balaban J connectivity index is 2.73. The van der Waals surface area contributed by atoms with Crippen LogP contribution in [0, 0.1) is 0 Å². The summed E-state index contributed by atoms with van der Waals surface area (Å²) in [6.45, 7) is -0.0476. The molecule has 4 heteroatoms. The third-order valence-corrected chi connectivity index (χ3v) is 2.14. The Hall–Kier alpha value is -1.81. The second kappa shape index (κ2) is 3.16. The van der Waals surface area contributed by atoms with Gasteiger partial charge in [-0.3, -0.25) is 4.79 Å². The molecule has 0 radical (unpaired) electrons. The van der Waals surface area contributed by atoms with Gasteiger partial charge in [-0.05, 0) is 18.2 Å². The highest BCUT2D eigenvalue weighted by Crippen LogP contribution is 2.22. The van der Waals surface area contributed by atoms with Crippen molar-refractivity contribution < 1.29 is 9.90 Å². The van der Waals surface area contributed by atoms with Crippen LogP contribution in [0.3, 0.4) is 0 Å². The zero-order valence-electron chi connectivity index (χ0n) is 7.47. The van der Waals surface area contributed by atoms with Gasteiger partial charge in [0.05, 0.1) is 12.1 Å². The van der Waals surface area contributed by atoms with Gasteiger partial charge in [-0.15, -0.1) is 0 Å². The van der Waals surface area contributed by atoms with E-state index in [-0.39, 0.29) is 18.1 Å². The number of hydrogen-bond donors (Lipinski definition) is 2. The van der Waals surface area contributed by atoms with Crippen LogP contribution in [0.4, 0.5) is 0 Å². The predicted molar refractivity (Wildman–Crippen MR) is 52.4 cm³/mol. The number of fused-ring (bicyclic) bond motifs is 1. The summed E-state index contributed by atoms with van der Waals surface area (Å²) in [7, 11) is 0. The number of hydrogen-bond acceptors (Lipinski definition) is 3. The minimum Gasteiger partial charge on any atom is -0.506 e. The molecule has 4 nitrogen and oxygen atoms in total. The first-order valence-electron chi connectivity index (χ1n) is 4.26. The van der Waals surface area contributed by atoms with E-state index >= 15 is 0 Å². The molecule has 0 aliphatic heterocycles. The van der Waals surface area contributed by atoms with Gasteiger partial charge in [0.1, 0.15) is 5.75 Å². The molecule has 3 N–H and O–H groups in total. The lowest BCUT2D eigenvalue weighted by molar-refractivity contribution is 0.100. The first-order chi connectivity index (χ1) is 6.74. The van der Waals surface area contributed by atoms with Gasteiger partial charge in [-0.25, -0.2) is 0 Å². The summed E-state index contributed by atoms with van der Waals surface area (Å²) in [6.07, 6.45) is 3.49. The topological polar surface area (TPSA) is 67.7 Å². The number of nitrogens with two attached hydrogens (primary N) is 1. The monoisotopic (exact) mass is 190 g/mol. The Bertz CT molecular complexity index is 488. The molecule has 0 bridgehead atoms. The quantitative estimate of drug-likeness (QED) is 0.688. The van der Waals surface area contributed by atoms with Crippen LogP contribution in [-0.2, 0) is 0 Å². The van der Waals surface area contributed by atoms with Crippen molar-refractivity contribution >= 4 is 11.3 Å². The van der Waals surface area contributed by atoms with E-state index in [1.807, 2.05) is 0 Å². The molecular weight excluding hydrogens is 180 g/mol. The van der Waals surface area contributed by atoms with Gasteiger partial charge < -0.3 is 15.2 Å². The van der Waals surface area contributed by atoms with E-state index in [0.717, 1.165) is 0 Å². The van der Waals surface area contributed by atoms with Crippen molar-refractivity contribution in [3.05, 3.63) is 36.2 Å². The fraction of sp³-hybridized carbons (Fsp3) is 0.100. The van der Waals surface area contributed by atoms with Crippen molar-refractivity contribution in [2.24, 2.45) is 5.73 Å².